The third-order valence-corrected chi connectivity index (χ3v) is 6.23. The first-order valence-electron chi connectivity index (χ1n) is 11.2. The van der Waals surface area contributed by atoms with E-state index in [1.165, 1.54) is 13.3 Å². The van der Waals surface area contributed by atoms with Crippen LogP contribution < -0.4 is 24.5 Å². The Morgan fingerprint density at radius 1 is 0.973 bits per heavy atom. The molecule has 0 saturated carbocycles. The minimum atomic E-state index is -3.68. The maximum atomic E-state index is 12.4. The molecule has 11 heteroatoms. The van der Waals surface area contributed by atoms with Crippen molar-refractivity contribution in [2.24, 2.45) is 5.10 Å². The Labute approximate surface area is 216 Å². The number of ether oxygens (including phenoxy) is 2. The van der Waals surface area contributed by atoms with Crippen molar-refractivity contribution in [3.8, 4) is 11.5 Å². The number of benzene rings is 3. The average molecular weight is 525 g/mol. The van der Waals surface area contributed by atoms with E-state index in [-0.39, 0.29) is 12.5 Å². The number of amides is 2. The topological polar surface area (TPSA) is 126 Å². The lowest BCUT2D eigenvalue weighted by Gasteiger charge is -2.23. The highest BCUT2D eigenvalue weighted by Gasteiger charge is 2.21. The summed E-state index contributed by atoms with van der Waals surface area (Å²) < 4.78 is 36.2. The summed E-state index contributed by atoms with van der Waals surface area (Å²) >= 11 is 0. The Hall–Kier alpha value is -4.38. The molecule has 10 nitrogen and oxygen atoms in total. The van der Waals surface area contributed by atoms with Crippen LogP contribution in [-0.4, -0.2) is 53.0 Å². The van der Waals surface area contributed by atoms with Crippen LogP contribution >= 0.6 is 0 Å². The monoisotopic (exact) mass is 524 g/mol. The first kappa shape index (κ1) is 27.2. The number of hydrogen-bond acceptors (Lipinski definition) is 7. The second-order valence-electron chi connectivity index (χ2n) is 7.96. The third-order valence-electron chi connectivity index (χ3n) is 5.11. The molecular formula is C26H28N4O6S. The molecule has 0 atom stereocenters. The highest BCUT2D eigenvalue weighted by molar-refractivity contribution is 7.92. The Balaban J connectivity index is 1.51. The number of hydrazone groups is 1. The van der Waals surface area contributed by atoms with Crippen molar-refractivity contribution in [2.45, 2.75) is 6.92 Å². The molecule has 2 amide bonds. The molecule has 0 aliphatic rings. The number of hydrogen-bond donors (Lipinski definition) is 2. The van der Waals surface area contributed by atoms with E-state index < -0.39 is 22.5 Å². The van der Waals surface area contributed by atoms with Gasteiger partial charge in [-0.15, -0.1) is 0 Å². The van der Waals surface area contributed by atoms with Gasteiger partial charge in [0.15, 0.2) is 6.61 Å². The summed E-state index contributed by atoms with van der Waals surface area (Å²) in [5, 5.41) is 6.62. The molecule has 0 spiro atoms. The van der Waals surface area contributed by atoms with Crippen LogP contribution in [0, 0.1) is 6.92 Å². The molecule has 0 aliphatic heterocycles. The van der Waals surface area contributed by atoms with E-state index in [1.807, 2.05) is 0 Å². The zero-order valence-corrected chi connectivity index (χ0v) is 21.5. The summed E-state index contributed by atoms with van der Waals surface area (Å²) in [4.78, 5) is 24.5. The van der Waals surface area contributed by atoms with Gasteiger partial charge in [-0.25, -0.2) is 13.8 Å². The molecule has 0 fully saturated rings. The lowest BCUT2D eigenvalue weighted by molar-refractivity contribution is -0.119. The van der Waals surface area contributed by atoms with E-state index in [1.54, 1.807) is 79.7 Å². The predicted octanol–water partition coefficient (Wildman–Crippen LogP) is 2.94. The largest absolute Gasteiger partial charge is 0.495 e. The Morgan fingerprint density at radius 3 is 2.32 bits per heavy atom. The van der Waals surface area contributed by atoms with Gasteiger partial charge in [-0.1, -0.05) is 30.3 Å². The molecule has 3 aromatic carbocycles. The van der Waals surface area contributed by atoms with Gasteiger partial charge in [-0.3, -0.25) is 13.9 Å². The SMILES string of the molecule is COc1ccccc1NC(=O)COc1ccc(/C=N/NC(=O)CN(c2ccccc2C)S(C)(=O)=O)cc1. The summed E-state index contributed by atoms with van der Waals surface area (Å²) in [6, 6.07) is 20.7. The zero-order valence-electron chi connectivity index (χ0n) is 20.7. The predicted molar refractivity (Wildman–Crippen MR) is 143 cm³/mol. The molecule has 37 heavy (non-hydrogen) atoms. The molecule has 0 unspecified atom stereocenters. The van der Waals surface area contributed by atoms with Gasteiger partial charge in [0.05, 0.1) is 31.0 Å². The summed E-state index contributed by atoms with van der Waals surface area (Å²) in [5.74, 6) is 0.0850. The van der Waals surface area contributed by atoms with Crippen LogP contribution in [0.4, 0.5) is 11.4 Å². The van der Waals surface area contributed by atoms with Crippen molar-refractivity contribution in [1.29, 1.82) is 0 Å². The molecule has 0 heterocycles. The first-order chi connectivity index (χ1) is 17.7. The van der Waals surface area contributed by atoms with Crippen LogP contribution in [0.1, 0.15) is 11.1 Å². The molecule has 3 rings (SSSR count). The minimum absolute atomic E-state index is 0.195. The summed E-state index contributed by atoms with van der Waals surface area (Å²) in [7, 11) is -2.16. The number of para-hydroxylation sites is 3. The normalized spacial score (nSPS) is 11.1. The standard InChI is InChI=1S/C26H28N4O6S/c1-19-8-4-6-10-23(19)30(37(3,33)34)17-25(31)29-27-16-20-12-14-21(15-13-20)36-18-26(32)28-22-9-5-7-11-24(22)35-2/h4-16H,17-18H2,1-3H3,(H,28,32)(H,29,31)/b27-16+. The van der Waals surface area contributed by atoms with Crippen LogP contribution in [0.3, 0.4) is 0 Å². The van der Waals surface area contributed by atoms with Gasteiger partial charge >= 0.3 is 0 Å². The van der Waals surface area contributed by atoms with Gasteiger partial charge < -0.3 is 14.8 Å². The van der Waals surface area contributed by atoms with E-state index >= 15 is 0 Å². The van der Waals surface area contributed by atoms with Crippen LogP contribution in [0.25, 0.3) is 0 Å². The molecule has 3 aromatic rings. The maximum absolute atomic E-state index is 12.4. The van der Waals surface area contributed by atoms with Gasteiger partial charge in [-0.2, -0.15) is 5.10 Å². The zero-order chi connectivity index (χ0) is 26.8. The fourth-order valence-corrected chi connectivity index (χ4v) is 4.22. The summed E-state index contributed by atoms with van der Waals surface area (Å²) in [5.41, 5.74) is 4.70. The number of aryl methyl sites for hydroxylation is 1. The van der Waals surface area contributed by atoms with Crippen LogP contribution in [0.5, 0.6) is 11.5 Å². The Kier molecular flexibility index (Phi) is 9.22. The number of methoxy groups -OCH3 is 1. The van der Waals surface area contributed by atoms with Crippen molar-refractivity contribution < 1.29 is 27.5 Å². The van der Waals surface area contributed by atoms with Crippen molar-refractivity contribution in [3.05, 3.63) is 83.9 Å². The summed E-state index contributed by atoms with van der Waals surface area (Å²) in [6.07, 6.45) is 2.45. The van der Waals surface area contributed by atoms with Gasteiger partial charge in [0.25, 0.3) is 11.8 Å². The van der Waals surface area contributed by atoms with Crippen molar-refractivity contribution in [1.82, 2.24) is 5.43 Å². The smallest absolute Gasteiger partial charge is 0.262 e. The number of sulfonamides is 1. The Bertz CT molecular complexity index is 1370. The number of anilines is 2. The lowest BCUT2D eigenvalue weighted by Crippen LogP contribution is -2.39. The van der Waals surface area contributed by atoms with E-state index in [0.29, 0.717) is 28.4 Å². The highest BCUT2D eigenvalue weighted by atomic mass is 32.2. The molecule has 2 N–H and O–H groups in total. The Morgan fingerprint density at radius 2 is 1.65 bits per heavy atom. The second-order valence-corrected chi connectivity index (χ2v) is 9.86. The fourth-order valence-electron chi connectivity index (χ4n) is 3.30. The highest BCUT2D eigenvalue weighted by Crippen LogP contribution is 2.23. The van der Waals surface area contributed by atoms with E-state index in [4.69, 9.17) is 9.47 Å². The van der Waals surface area contributed by atoms with Gasteiger partial charge in [0.1, 0.15) is 18.0 Å². The number of carbonyl (C=O) groups excluding carboxylic acids is 2. The number of nitrogens with one attached hydrogen (secondary N) is 2. The van der Waals surface area contributed by atoms with Gasteiger partial charge in [-0.05, 0) is 60.5 Å². The van der Waals surface area contributed by atoms with E-state index in [0.717, 1.165) is 16.1 Å². The van der Waals surface area contributed by atoms with Gasteiger partial charge in [0.2, 0.25) is 10.0 Å². The van der Waals surface area contributed by atoms with Crippen molar-refractivity contribution in [2.75, 3.05) is 36.1 Å². The molecule has 0 aliphatic carbocycles. The van der Waals surface area contributed by atoms with E-state index in [2.05, 4.69) is 15.8 Å². The number of carbonyl (C=O) groups is 2. The maximum Gasteiger partial charge on any atom is 0.262 e. The average Bonchev–Trinajstić information content (AvgIpc) is 2.87. The fraction of sp³-hybridized carbons (Fsp3) is 0.192. The number of rotatable bonds is 11. The molecule has 0 radical (unpaired) electrons. The minimum Gasteiger partial charge on any atom is -0.495 e. The van der Waals surface area contributed by atoms with Gasteiger partial charge in [0, 0.05) is 0 Å². The molecule has 0 saturated heterocycles. The van der Waals surface area contributed by atoms with Crippen LogP contribution in [-0.2, 0) is 19.6 Å². The molecule has 194 valence electrons. The van der Waals surface area contributed by atoms with Crippen LogP contribution in [0.15, 0.2) is 77.9 Å². The second kappa shape index (κ2) is 12.5. The molecule has 0 aromatic heterocycles. The third kappa shape index (κ3) is 8.07. The van der Waals surface area contributed by atoms with Crippen molar-refractivity contribution in [3.63, 3.8) is 0 Å². The summed E-state index contributed by atoms with van der Waals surface area (Å²) in [6.45, 7) is 1.16. The molecule has 0 bridgehead atoms. The quantitative estimate of drug-likeness (QED) is 0.293. The number of nitrogens with zero attached hydrogens (tertiary/aromatic N) is 2. The first-order valence-corrected chi connectivity index (χ1v) is 13.0. The van der Waals surface area contributed by atoms with Crippen LogP contribution in [0.2, 0.25) is 0 Å². The van der Waals surface area contributed by atoms with Crippen molar-refractivity contribution >= 4 is 39.4 Å². The van der Waals surface area contributed by atoms with E-state index in [9.17, 15) is 18.0 Å². The lowest BCUT2D eigenvalue weighted by atomic mass is 10.2. The molecular weight excluding hydrogens is 496 g/mol.